The monoisotopic (exact) mass is 502 g/mol. The van der Waals surface area contributed by atoms with Crippen LogP contribution in [0, 0.1) is 5.92 Å². The highest BCUT2D eigenvalue weighted by Gasteiger charge is 2.33. The first-order chi connectivity index (χ1) is 17.2. The third-order valence-corrected chi connectivity index (χ3v) is 6.01. The standard InChI is InChI=1S/C29H33F3O4/c1-4-7-8-9-20-10-13-25(22(5-2)14-20)27-15-23-11-12-24(16-26(23)36-27)34-18-21(17-29(30,31)32)19-35-28(33)6-3/h6,10-16,21H,3-5,7-9,17-19H2,1-2H3. The molecule has 0 aliphatic rings. The van der Waals surface area contributed by atoms with Crippen LogP contribution in [0.3, 0.4) is 0 Å². The highest BCUT2D eigenvalue weighted by Crippen LogP contribution is 2.33. The van der Waals surface area contributed by atoms with E-state index in [1.54, 1.807) is 12.1 Å². The molecule has 0 bridgehead atoms. The summed E-state index contributed by atoms with van der Waals surface area (Å²) in [6.07, 6.45) is 0.896. The summed E-state index contributed by atoms with van der Waals surface area (Å²) in [5.41, 5.74) is 4.15. The molecule has 1 heterocycles. The molecule has 1 aromatic heterocycles. The number of ether oxygens (including phenoxy) is 2. The number of unbranched alkanes of at least 4 members (excludes halogenated alkanes) is 2. The van der Waals surface area contributed by atoms with Gasteiger partial charge in [0.25, 0.3) is 0 Å². The predicted octanol–water partition coefficient (Wildman–Crippen LogP) is 8.07. The topological polar surface area (TPSA) is 48.7 Å². The maximum atomic E-state index is 12.9. The smallest absolute Gasteiger partial charge is 0.389 e. The number of carbonyl (C=O) groups is 1. The van der Waals surface area contributed by atoms with Crippen LogP contribution in [0.4, 0.5) is 13.2 Å². The summed E-state index contributed by atoms with van der Waals surface area (Å²) in [6, 6.07) is 13.6. The van der Waals surface area contributed by atoms with Gasteiger partial charge in [0.1, 0.15) is 17.1 Å². The van der Waals surface area contributed by atoms with E-state index in [9.17, 15) is 18.0 Å². The number of fused-ring (bicyclic) bond motifs is 1. The second kappa shape index (κ2) is 12.7. The zero-order valence-corrected chi connectivity index (χ0v) is 20.8. The van der Waals surface area contributed by atoms with Crippen molar-refractivity contribution in [1.82, 2.24) is 0 Å². The minimum Gasteiger partial charge on any atom is -0.493 e. The highest BCUT2D eigenvalue weighted by molar-refractivity contribution is 5.84. The van der Waals surface area contributed by atoms with Crippen molar-refractivity contribution in [1.29, 1.82) is 0 Å². The van der Waals surface area contributed by atoms with Gasteiger partial charge in [0, 0.05) is 29.0 Å². The van der Waals surface area contributed by atoms with E-state index in [1.165, 1.54) is 30.4 Å². The molecule has 0 radical (unpaired) electrons. The van der Waals surface area contributed by atoms with E-state index in [0.29, 0.717) is 11.3 Å². The Morgan fingerprint density at radius 3 is 2.58 bits per heavy atom. The largest absolute Gasteiger partial charge is 0.493 e. The average Bonchev–Trinajstić information content (AvgIpc) is 3.28. The molecule has 3 aromatic rings. The summed E-state index contributed by atoms with van der Waals surface area (Å²) in [5, 5.41) is 0.873. The number of esters is 1. The molecular formula is C29H33F3O4. The molecule has 0 aliphatic heterocycles. The molecular weight excluding hydrogens is 469 g/mol. The molecule has 194 valence electrons. The van der Waals surface area contributed by atoms with Crippen molar-refractivity contribution < 1.29 is 31.9 Å². The van der Waals surface area contributed by atoms with Gasteiger partial charge in [-0.3, -0.25) is 0 Å². The quantitative estimate of drug-likeness (QED) is 0.135. The highest BCUT2D eigenvalue weighted by atomic mass is 19.4. The zero-order valence-electron chi connectivity index (χ0n) is 20.8. The van der Waals surface area contributed by atoms with Crippen molar-refractivity contribution in [2.24, 2.45) is 5.92 Å². The number of hydrogen-bond donors (Lipinski definition) is 0. The first-order valence-electron chi connectivity index (χ1n) is 12.4. The Hall–Kier alpha value is -3.22. The van der Waals surface area contributed by atoms with Gasteiger partial charge in [0.05, 0.1) is 19.6 Å². The van der Waals surface area contributed by atoms with Crippen LogP contribution in [0.1, 0.15) is 50.7 Å². The van der Waals surface area contributed by atoms with E-state index in [2.05, 4.69) is 38.6 Å². The number of carbonyl (C=O) groups excluding carboxylic acids is 1. The Morgan fingerprint density at radius 2 is 1.89 bits per heavy atom. The summed E-state index contributed by atoms with van der Waals surface area (Å²) >= 11 is 0. The molecule has 3 rings (SSSR count). The number of rotatable bonds is 13. The van der Waals surface area contributed by atoms with E-state index in [0.717, 1.165) is 35.6 Å². The van der Waals surface area contributed by atoms with Gasteiger partial charge in [-0.1, -0.05) is 51.5 Å². The maximum absolute atomic E-state index is 12.9. The van der Waals surface area contributed by atoms with Crippen molar-refractivity contribution in [3.05, 3.63) is 66.2 Å². The second-order valence-corrected chi connectivity index (χ2v) is 8.94. The zero-order chi connectivity index (χ0) is 26.1. The minimum atomic E-state index is -4.41. The fraction of sp³-hybridized carbons (Fsp3) is 0.414. The Labute approximate surface area is 210 Å². The SMILES string of the molecule is C=CC(=O)OCC(COc1ccc2cc(-c3ccc(CCCCC)cc3CC)oc2c1)CC(F)(F)F. The number of benzene rings is 2. The van der Waals surface area contributed by atoms with Crippen molar-refractivity contribution in [2.45, 2.75) is 58.5 Å². The van der Waals surface area contributed by atoms with Gasteiger partial charge in [0.2, 0.25) is 0 Å². The molecule has 0 aliphatic carbocycles. The lowest BCUT2D eigenvalue weighted by molar-refractivity contribution is -0.157. The van der Waals surface area contributed by atoms with Gasteiger partial charge in [-0.15, -0.1) is 0 Å². The van der Waals surface area contributed by atoms with Gasteiger partial charge >= 0.3 is 12.1 Å². The van der Waals surface area contributed by atoms with Crippen molar-refractivity contribution >= 4 is 16.9 Å². The molecule has 0 saturated heterocycles. The number of hydrogen-bond acceptors (Lipinski definition) is 4. The Bertz CT molecular complexity index is 1160. The molecule has 1 atom stereocenters. The Kier molecular flexibility index (Phi) is 9.62. The van der Waals surface area contributed by atoms with Crippen LogP contribution in [-0.2, 0) is 22.4 Å². The molecule has 7 heteroatoms. The summed E-state index contributed by atoms with van der Waals surface area (Å²) < 4.78 is 55.4. The van der Waals surface area contributed by atoms with E-state index in [4.69, 9.17) is 13.9 Å². The number of aryl methyl sites for hydroxylation is 2. The predicted molar refractivity (Wildman–Crippen MR) is 135 cm³/mol. The average molecular weight is 503 g/mol. The fourth-order valence-electron chi connectivity index (χ4n) is 4.11. The van der Waals surface area contributed by atoms with Crippen LogP contribution < -0.4 is 4.74 Å². The van der Waals surface area contributed by atoms with E-state index >= 15 is 0 Å². The summed E-state index contributed by atoms with van der Waals surface area (Å²) in [7, 11) is 0. The van der Waals surface area contributed by atoms with E-state index in [-0.39, 0.29) is 6.61 Å². The molecule has 0 N–H and O–H groups in total. The summed E-state index contributed by atoms with van der Waals surface area (Å²) in [4.78, 5) is 11.3. The minimum absolute atomic E-state index is 0.261. The van der Waals surface area contributed by atoms with Crippen LogP contribution in [0.5, 0.6) is 5.75 Å². The third-order valence-electron chi connectivity index (χ3n) is 6.01. The molecule has 0 amide bonds. The molecule has 1 unspecified atom stereocenters. The third kappa shape index (κ3) is 7.90. The van der Waals surface area contributed by atoms with Crippen LogP contribution in [0.15, 0.2) is 59.5 Å². The lowest BCUT2D eigenvalue weighted by atomic mass is 9.97. The van der Waals surface area contributed by atoms with Crippen molar-refractivity contribution in [3.63, 3.8) is 0 Å². The molecule has 2 aromatic carbocycles. The molecule has 0 spiro atoms. The van der Waals surface area contributed by atoms with Gasteiger partial charge in [-0.2, -0.15) is 13.2 Å². The lowest BCUT2D eigenvalue weighted by Gasteiger charge is -2.19. The summed E-state index contributed by atoms with van der Waals surface area (Å²) in [5.74, 6) is -0.690. The molecule has 0 fully saturated rings. The lowest BCUT2D eigenvalue weighted by Crippen LogP contribution is -2.25. The van der Waals surface area contributed by atoms with Crippen LogP contribution >= 0.6 is 0 Å². The first-order valence-corrected chi connectivity index (χ1v) is 12.4. The van der Waals surface area contributed by atoms with Gasteiger partial charge in [-0.25, -0.2) is 4.79 Å². The molecule has 0 saturated carbocycles. The number of halogens is 3. The van der Waals surface area contributed by atoms with Crippen LogP contribution in [-0.4, -0.2) is 25.4 Å². The second-order valence-electron chi connectivity index (χ2n) is 8.94. The van der Waals surface area contributed by atoms with E-state index in [1.807, 2.05) is 12.1 Å². The number of alkyl halides is 3. The fourth-order valence-corrected chi connectivity index (χ4v) is 4.11. The molecule has 4 nitrogen and oxygen atoms in total. The van der Waals surface area contributed by atoms with Crippen LogP contribution in [0.25, 0.3) is 22.3 Å². The van der Waals surface area contributed by atoms with E-state index < -0.39 is 31.1 Å². The normalized spacial score (nSPS) is 12.5. The van der Waals surface area contributed by atoms with Gasteiger partial charge in [-0.05, 0) is 48.6 Å². The van der Waals surface area contributed by atoms with Gasteiger partial charge in [0.15, 0.2) is 0 Å². The van der Waals surface area contributed by atoms with Crippen molar-refractivity contribution in [3.8, 4) is 17.1 Å². The number of furan rings is 1. The Morgan fingerprint density at radius 1 is 1.08 bits per heavy atom. The maximum Gasteiger partial charge on any atom is 0.389 e. The first kappa shape index (κ1) is 27.4. The van der Waals surface area contributed by atoms with Crippen molar-refractivity contribution in [2.75, 3.05) is 13.2 Å². The molecule has 36 heavy (non-hydrogen) atoms. The van der Waals surface area contributed by atoms with Crippen LogP contribution in [0.2, 0.25) is 0 Å². The Balaban J connectivity index is 1.74. The van der Waals surface area contributed by atoms with Gasteiger partial charge < -0.3 is 13.9 Å². The summed E-state index contributed by atoms with van der Waals surface area (Å²) in [6.45, 7) is 6.89.